The molecule has 0 fully saturated rings. The molecule has 0 aliphatic heterocycles. The lowest BCUT2D eigenvalue weighted by molar-refractivity contribution is -0.117. The molecule has 0 unspecified atom stereocenters. The Labute approximate surface area is 111 Å². The molecule has 94 valence electrons. The van der Waals surface area contributed by atoms with Gasteiger partial charge >= 0.3 is 0 Å². The standard InChI is InChI=1S/C14H16N2OS/c15-13(7-6-11-4-2-1-3-5-11)14(17)16-12-8-9-18-10-12/h1-5,8-10,13H,6-7,15H2,(H,16,17)/t13-/m0/s1. The first-order valence-electron chi connectivity index (χ1n) is 5.88. The van der Waals surface area contributed by atoms with Gasteiger partial charge in [0.2, 0.25) is 5.91 Å². The topological polar surface area (TPSA) is 55.1 Å². The zero-order valence-corrected chi connectivity index (χ0v) is 10.8. The van der Waals surface area contributed by atoms with Crippen LogP contribution >= 0.6 is 11.3 Å². The third-order valence-electron chi connectivity index (χ3n) is 2.71. The molecule has 0 radical (unpaired) electrons. The van der Waals surface area contributed by atoms with Crippen molar-refractivity contribution in [2.45, 2.75) is 18.9 Å². The first-order valence-corrected chi connectivity index (χ1v) is 6.82. The molecule has 0 spiro atoms. The van der Waals surface area contributed by atoms with Crippen LogP contribution in [0.5, 0.6) is 0 Å². The number of rotatable bonds is 5. The maximum absolute atomic E-state index is 11.8. The van der Waals surface area contributed by atoms with E-state index >= 15 is 0 Å². The molecule has 1 atom stereocenters. The predicted molar refractivity (Wildman–Crippen MR) is 75.7 cm³/mol. The smallest absolute Gasteiger partial charge is 0.241 e. The Morgan fingerprint density at radius 2 is 2.06 bits per heavy atom. The van der Waals surface area contributed by atoms with Crippen molar-refractivity contribution < 1.29 is 4.79 Å². The highest BCUT2D eigenvalue weighted by Crippen LogP contribution is 2.12. The summed E-state index contributed by atoms with van der Waals surface area (Å²) >= 11 is 1.55. The van der Waals surface area contributed by atoms with Crippen LogP contribution < -0.4 is 11.1 Å². The van der Waals surface area contributed by atoms with Crippen molar-refractivity contribution in [3.05, 3.63) is 52.7 Å². The number of aryl methyl sites for hydroxylation is 1. The monoisotopic (exact) mass is 260 g/mol. The fourth-order valence-corrected chi connectivity index (χ4v) is 2.26. The number of anilines is 1. The van der Waals surface area contributed by atoms with Crippen LogP contribution in [0.25, 0.3) is 0 Å². The predicted octanol–water partition coefficient (Wildman–Crippen LogP) is 2.65. The highest BCUT2D eigenvalue weighted by molar-refractivity contribution is 7.08. The molecule has 0 saturated heterocycles. The van der Waals surface area contributed by atoms with Gasteiger partial charge < -0.3 is 11.1 Å². The van der Waals surface area contributed by atoms with Crippen LogP contribution in [0.1, 0.15) is 12.0 Å². The third-order valence-corrected chi connectivity index (χ3v) is 3.40. The van der Waals surface area contributed by atoms with Crippen LogP contribution in [0.4, 0.5) is 5.69 Å². The summed E-state index contributed by atoms with van der Waals surface area (Å²) in [5, 5.41) is 6.62. The molecular formula is C14H16N2OS. The zero-order valence-electron chi connectivity index (χ0n) is 10.0. The van der Waals surface area contributed by atoms with Crippen molar-refractivity contribution in [3.63, 3.8) is 0 Å². The molecule has 18 heavy (non-hydrogen) atoms. The second-order valence-electron chi connectivity index (χ2n) is 4.13. The van der Waals surface area contributed by atoms with Gasteiger partial charge in [0.1, 0.15) is 0 Å². The molecule has 1 aromatic heterocycles. The van der Waals surface area contributed by atoms with Crippen molar-refractivity contribution in [1.29, 1.82) is 0 Å². The van der Waals surface area contributed by atoms with E-state index in [2.05, 4.69) is 5.32 Å². The Balaban J connectivity index is 1.81. The normalized spacial score (nSPS) is 12.1. The second kappa shape index (κ2) is 6.33. The lowest BCUT2D eigenvalue weighted by Gasteiger charge is -2.11. The summed E-state index contributed by atoms with van der Waals surface area (Å²) in [4.78, 5) is 11.8. The van der Waals surface area contributed by atoms with Gasteiger partial charge in [-0.05, 0) is 29.9 Å². The molecular weight excluding hydrogens is 244 g/mol. The average molecular weight is 260 g/mol. The van der Waals surface area contributed by atoms with Crippen LogP contribution in [-0.2, 0) is 11.2 Å². The number of thiophene rings is 1. The van der Waals surface area contributed by atoms with Crippen LogP contribution in [0.15, 0.2) is 47.2 Å². The summed E-state index contributed by atoms with van der Waals surface area (Å²) < 4.78 is 0. The third kappa shape index (κ3) is 3.68. The molecule has 0 aliphatic rings. The van der Waals surface area contributed by atoms with E-state index in [0.717, 1.165) is 12.1 Å². The fourth-order valence-electron chi connectivity index (χ4n) is 1.67. The summed E-state index contributed by atoms with van der Waals surface area (Å²) in [5.41, 5.74) is 7.90. The molecule has 1 heterocycles. The maximum Gasteiger partial charge on any atom is 0.241 e. The van der Waals surface area contributed by atoms with E-state index in [1.54, 1.807) is 11.3 Å². The summed E-state index contributed by atoms with van der Waals surface area (Å²) in [6.07, 6.45) is 1.47. The van der Waals surface area contributed by atoms with Gasteiger partial charge in [0, 0.05) is 5.38 Å². The van der Waals surface area contributed by atoms with Gasteiger partial charge in [-0.2, -0.15) is 11.3 Å². The molecule has 0 bridgehead atoms. The number of carbonyl (C=O) groups is 1. The van der Waals surface area contributed by atoms with E-state index in [-0.39, 0.29) is 5.91 Å². The minimum absolute atomic E-state index is 0.121. The van der Waals surface area contributed by atoms with E-state index in [1.807, 2.05) is 47.2 Å². The van der Waals surface area contributed by atoms with Crippen LogP contribution in [0.3, 0.4) is 0 Å². The zero-order chi connectivity index (χ0) is 12.8. The van der Waals surface area contributed by atoms with Crippen molar-refractivity contribution in [3.8, 4) is 0 Å². The Kier molecular flexibility index (Phi) is 4.50. The Hall–Kier alpha value is -1.65. The van der Waals surface area contributed by atoms with Gasteiger partial charge in [-0.1, -0.05) is 30.3 Å². The maximum atomic E-state index is 11.8. The number of hydrogen-bond acceptors (Lipinski definition) is 3. The summed E-state index contributed by atoms with van der Waals surface area (Å²) in [6.45, 7) is 0. The number of benzene rings is 1. The first-order chi connectivity index (χ1) is 8.75. The lowest BCUT2D eigenvalue weighted by atomic mass is 10.1. The molecule has 2 rings (SSSR count). The highest BCUT2D eigenvalue weighted by atomic mass is 32.1. The van der Waals surface area contributed by atoms with Gasteiger partial charge in [-0.25, -0.2) is 0 Å². The lowest BCUT2D eigenvalue weighted by Crippen LogP contribution is -2.35. The number of carbonyl (C=O) groups excluding carboxylic acids is 1. The number of nitrogens with two attached hydrogens (primary N) is 1. The van der Waals surface area contributed by atoms with Crippen LogP contribution in [0.2, 0.25) is 0 Å². The van der Waals surface area contributed by atoms with Gasteiger partial charge in [-0.15, -0.1) is 0 Å². The summed E-state index contributed by atoms with van der Waals surface area (Å²) in [7, 11) is 0. The quantitative estimate of drug-likeness (QED) is 0.868. The average Bonchev–Trinajstić information content (AvgIpc) is 2.90. The minimum atomic E-state index is -0.467. The molecule has 1 amide bonds. The van der Waals surface area contributed by atoms with E-state index in [4.69, 9.17) is 5.73 Å². The summed E-state index contributed by atoms with van der Waals surface area (Å²) in [5.74, 6) is -0.121. The van der Waals surface area contributed by atoms with Crippen LogP contribution in [0, 0.1) is 0 Å². The van der Waals surface area contributed by atoms with Crippen LogP contribution in [-0.4, -0.2) is 11.9 Å². The van der Waals surface area contributed by atoms with Crippen molar-refractivity contribution in [1.82, 2.24) is 0 Å². The summed E-state index contributed by atoms with van der Waals surface area (Å²) in [6, 6.07) is 11.5. The number of hydrogen-bond donors (Lipinski definition) is 2. The fraction of sp³-hybridized carbons (Fsp3) is 0.214. The van der Waals surface area contributed by atoms with Gasteiger partial charge in [0.15, 0.2) is 0 Å². The SMILES string of the molecule is N[C@@H](CCc1ccccc1)C(=O)Nc1ccsc1. The molecule has 3 N–H and O–H groups in total. The van der Waals surface area contributed by atoms with Gasteiger partial charge in [0.05, 0.1) is 11.7 Å². The molecule has 4 heteroatoms. The van der Waals surface area contributed by atoms with Crippen molar-refractivity contribution in [2.75, 3.05) is 5.32 Å². The molecule has 3 nitrogen and oxygen atoms in total. The molecule has 1 aromatic carbocycles. The largest absolute Gasteiger partial charge is 0.324 e. The van der Waals surface area contributed by atoms with E-state index < -0.39 is 6.04 Å². The van der Waals surface area contributed by atoms with Crippen molar-refractivity contribution in [2.24, 2.45) is 5.73 Å². The Bertz CT molecular complexity index is 482. The van der Waals surface area contributed by atoms with E-state index in [9.17, 15) is 4.79 Å². The second-order valence-corrected chi connectivity index (χ2v) is 4.91. The van der Waals surface area contributed by atoms with E-state index in [1.165, 1.54) is 5.56 Å². The van der Waals surface area contributed by atoms with Gasteiger partial charge in [0.25, 0.3) is 0 Å². The molecule has 2 aromatic rings. The molecule has 0 saturated carbocycles. The Morgan fingerprint density at radius 3 is 2.72 bits per heavy atom. The van der Waals surface area contributed by atoms with Crippen molar-refractivity contribution >= 4 is 22.9 Å². The number of amides is 1. The number of nitrogens with one attached hydrogen (secondary N) is 1. The minimum Gasteiger partial charge on any atom is -0.324 e. The molecule has 0 aliphatic carbocycles. The van der Waals surface area contributed by atoms with E-state index in [0.29, 0.717) is 6.42 Å². The highest BCUT2D eigenvalue weighted by Gasteiger charge is 2.13. The Morgan fingerprint density at radius 1 is 1.28 bits per heavy atom. The first kappa shape index (κ1) is 12.8. The van der Waals surface area contributed by atoms with Gasteiger partial charge in [-0.3, -0.25) is 4.79 Å².